The van der Waals surface area contributed by atoms with E-state index in [0.717, 1.165) is 36.7 Å². The first kappa shape index (κ1) is 15.6. The minimum absolute atomic E-state index is 0.0570. The number of hydrogen-bond acceptors (Lipinski definition) is 4. The summed E-state index contributed by atoms with van der Waals surface area (Å²) in [5.74, 6) is 2.81. The van der Waals surface area contributed by atoms with Crippen LogP contribution < -0.4 is 5.32 Å². The molecule has 2 aromatic rings. The Balaban J connectivity index is 1.62. The molecule has 3 rings (SSSR count). The smallest absolute Gasteiger partial charge is 0.317 e. The van der Waals surface area contributed by atoms with Gasteiger partial charge < -0.3 is 19.2 Å². The highest BCUT2D eigenvalue weighted by Gasteiger charge is 2.28. The molecule has 0 aliphatic carbocycles. The predicted molar refractivity (Wildman–Crippen MR) is 84.9 cm³/mol. The molecule has 1 saturated heterocycles. The molecule has 3 heterocycles. The van der Waals surface area contributed by atoms with Crippen LogP contribution in [0.3, 0.4) is 0 Å². The fourth-order valence-electron chi connectivity index (χ4n) is 3.07. The number of nitrogens with one attached hydrogen (secondary N) is 1. The van der Waals surface area contributed by atoms with Gasteiger partial charge in [-0.15, -0.1) is 10.2 Å². The number of hydrogen-bond donors (Lipinski definition) is 1. The molecule has 124 valence electrons. The van der Waals surface area contributed by atoms with Gasteiger partial charge >= 0.3 is 6.03 Å². The minimum atomic E-state index is -0.147. The van der Waals surface area contributed by atoms with Crippen molar-refractivity contribution in [2.75, 3.05) is 13.1 Å². The van der Waals surface area contributed by atoms with Crippen molar-refractivity contribution >= 4 is 6.03 Å². The molecule has 1 aliphatic heterocycles. The third-order valence-electron chi connectivity index (χ3n) is 4.35. The predicted octanol–water partition coefficient (Wildman–Crippen LogP) is 2.37. The number of carbonyl (C=O) groups excluding carboxylic acids is 1. The van der Waals surface area contributed by atoms with E-state index in [-0.39, 0.29) is 18.0 Å². The second kappa shape index (κ2) is 6.44. The van der Waals surface area contributed by atoms with Crippen LogP contribution in [0.25, 0.3) is 0 Å². The van der Waals surface area contributed by atoms with Crippen molar-refractivity contribution < 1.29 is 9.21 Å². The van der Waals surface area contributed by atoms with E-state index < -0.39 is 0 Å². The zero-order chi connectivity index (χ0) is 16.4. The number of carbonyl (C=O) groups is 1. The van der Waals surface area contributed by atoms with E-state index in [1.807, 2.05) is 42.5 Å². The van der Waals surface area contributed by atoms with Crippen LogP contribution in [0, 0.1) is 6.92 Å². The molecule has 0 saturated carbocycles. The highest BCUT2D eigenvalue weighted by Crippen LogP contribution is 2.25. The maximum Gasteiger partial charge on any atom is 0.317 e. The molecule has 7 nitrogen and oxygen atoms in total. The molecule has 1 fully saturated rings. The van der Waals surface area contributed by atoms with E-state index in [4.69, 9.17) is 4.42 Å². The molecule has 0 unspecified atom stereocenters. The fourth-order valence-corrected chi connectivity index (χ4v) is 3.07. The summed E-state index contributed by atoms with van der Waals surface area (Å²) in [5.41, 5.74) is 0. The number of amides is 2. The third kappa shape index (κ3) is 3.38. The number of nitrogens with zero attached hydrogens (tertiary/aromatic N) is 4. The van der Waals surface area contributed by atoms with Crippen molar-refractivity contribution in [1.82, 2.24) is 25.0 Å². The summed E-state index contributed by atoms with van der Waals surface area (Å²) >= 11 is 0. The lowest BCUT2D eigenvalue weighted by atomic mass is 9.97. The molecule has 1 N–H and O–H groups in total. The number of urea groups is 1. The van der Waals surface area contributed by atoms with Crippen LogP contribution in [0.4, 0.5) is 4.79 Å². The molecule has 23 heavy (non-hydrogen) atoms. The Kier molecular flexibility index (Phi) is 4.36. The average molecular weight is 317 g/mol. The van der Waals surface area contributed by atoms with Gasteiger partial charge in [0.15, 0.2) is 0 Å². The number of piperidine rings is 1. The topological polar surface area (TPSA) is 76.2 Å². The van der Waals surface area contributed by atoms with Crippen molar-refractivity contribution in [2.24, 2.45) is 7.05 Å². The van der Waals surface area contributed by atoms with Gasteiger partial charge in [0, 0.05) is 26.1 Å². The van der Waals surface area contributed by atoms with E-state index in [2.05, 4.69) is 15.5 Å². The summed E-state index contributed by atoms with van der Waals surface area (Å²) < 4.78 is 7.51. The summed E-state index contributed by atoms with van der Waals surface area (Å²) in [6, 6.07) is 3.60. The van der Waals surface area contributed by atoms with Crippen LogP contribution in [0.2, 0.25) is 0 Å². The lowest BCUT2D eigenvalue weighted by Gasteiger charge is -2.32. The van der Waals surface area contributed by atoms with Crippen molar-refractivity contribution in [3.05, 3.63) is 35.8 Å². The van der Waals surface area contributed by atoms with Crippen molar-refractivity contribution in [3.63, 3.8) is 0 Å². The molecular weight excluding hydrogens is 294 g/mol. The Morgan fingerprint density at radius 2 is 2.30 bits per heavy atom. The molecule has 7 heteroatoms. The molecule has 2 aromatic heterocycles. The zero-order valence-corrected chi connectivity index (χ0v) is 13.8. The van der Waals surface area contributed by atoms with Gasteiger partial charge in [-0.3, -0.25) is 0 Å². The maximum absolute atomic E-state index is 12.5. The third-order valence-corrected chi connectivity index (χ3v) is 4.35. The second-order valence-corrected chi connectivity index (χ2v) is 6.20. The molecule has 2 atom stereocenters. The van der Waals surface area contributed by atoms with Gasteiger partial charge in [-0.25, -0.2) is 4.79 Å². The van der Waals surface area contributed by atoms with Crippen LogP contribution >= 0.6 is 0 Å². The Morgan fingerprint density at radius 1 is 1.48 bits per heavy atom. The Morgan fingerprint density at radius 3 is 2.96 bits per heavy atom. The summed E-state index contributed by atoms with van der Waals surface area (Å²) in [5, 5.41) is 11.1. The highest BCUT2D eigenvalue weighted by molar-refractivity contribution is 5.74. The average Bonchev–Trinajstić information content (AvgIpc) is 3.16. The van der Waals surface area contributed by atoms with Crippen molar-refractivity contribution in [2.45, 2.75) is 38.6 Å². The van der Waals surface area contributed by atoms with Gasteiger partial charge in [-0.05, 0) is 38.8 Å². The van der Waals surface area contributed by atoms with E-state index in [0.29, 0.717) is 6.54 Å². The van der Waals surface area contributed by atoms with E-state index in [9.17, 15) is 4.79 Å². The largest absolute Gasteiger partial charge is 0.464 e. The maximum atomic E-state index is 12.5. The summed E-state index contributed by atoms with van der Waals surface area (Å²) in [6.07, 6.45) is 3.71. The van der Waals surface area contributed by atoms with Gasteiger partial charge in [0.1, 0.15) is 23.7 Å². The highest BCUT2D eigenvalue weighted by atomic mass is 16.3. The lowest BCUT2D eigenvalue weighted by Crippen LogP contribution is -2.45. The van der Waals surface area contributed by atoms with Gasteiger partial charge in [0.25, 0.3) is 0 Å². The Bertz CT molecular complexity index is 678. The number of aryl methyl sites for hydroxylation is 2. The molecular formula is C16H23N5O2. The molecule has 0 aromatic carbocycles. The zero-order valence-electron chi connectivity index (χ0n) is 13.8. The van der Waals surface area contributed by atoms with Gasteiger partial charge in [-0.2, -0.15) is 0 Å². The lowest BCUT2D eigenvalue weighted by molar-refractivity contribution is 0.173. The summed E-state index contributed by atoms with van der Waals surface area (Å²) in [4.78, 5) is 14.4. The molecule has 2 amide bonds. The second-order valence-electron chi connectivity index (χ2n) is 6.20. The van der Waals surface area contributed by atoms with Gasteiger partial charge in [0.2, 0.25) is 0 Å². The van der Waals surface area contributed by atoms with E-state index in [1.54, 1.807) is 6.33 Å². The van der Waals surface area contributed by atoms with E-state index in [1.165, 1.54) is 0 Å². The quantitative estimate of drug-likeness (QED) is 0.943. The van der Waals surface area contributed by atoms with Crippen LogP contribution in [-0.4, -0.2) is 38.8 Å². The van der Waals surface area contributed by atoms with Crippen molar-refractivity contribution in [1.29, 1.82) is 0 Å². The van der Waals surface area contributed by atoms with Crippen LogP contribution in [-0.2, 0) is 7.05 Å². The van der Waals surface area contributed by atoms with Crippen LogP contribution in [0.1, 0.15) is 49.1 Å². The first-order valence-electron chi connectivity index (χ1n) is 8.00. The number of rotatable bonds is 3. The number of furan rings is 1. The minimum Gasteiger partial charge on any atom is -0.464 e. The monoisotopic (exact) mass is 317 g/mol. The van der Waals surface area contributed by atoms with Crippen LogP contribution in [0.5, 0.6) is 0 Å². The normalized spacial score (nSPS) is 19.6. The van der Waals surface area contributed by atoms with Gasteiger partial charge in [0.05, 0.1) is 6.04 Å². The Labute approximate surface area is 135 Å². The van der Waals surface area contributed by atoms with Crippen molar-refractivity contribution in [3.8, 4) is 0 Å². The molecule has 0 bridgehead atoms. The molecule has 0 spiro atoms. The Hall–Kier alpha value is -2.31. The fraction of sp³-hybridized carbons (Fsp3) is 0.562. The first-order valence-corrected chi connectivity index (χ1v) is 8.00. The molecule has 1 aliphatic rings. The summed E-state index contributed by atoms with van der Waals surface area (Å²) in [6.45, 7) is 5.26. The van der Waals surface area contributed by atoms with E-state index >= 15 is 0 Å². The van der Waals surface area contributed by atoms with Crippen LogP contribution in [0.15, 0.2) is 22.9 Å². The molecule has 0 radical (unpaired) electrons. The standard InChI is InChI=1S/C16H23N5O2/c1-11-6-7-14(23-11)12(2)18-16(22)21-8-4-5-13(9-21)15-19-17-10-20(15)3/h6-7,10,12-13H,4-5,8-9H2,1-3H3,(H,18,22)/t12-,13-/m1/s1. The van der Waals surface area contributed by atoms with Gasteiger partial charge in [-0.1, -0.05) is 0 Å². The SMILES string of the molecule is Cc1ccc([C@@H](C)NC(=O)N2CCC[C@@H](c3nncn3C)C2)o1. The first-order chi connectivity index (χ1) is 11.0. The summed E-state index contributed by atoms with van der Waals surface area (Å²) in [7, 11) is 1.94. The number of likely N-dealkylation sites (tertiary alicyclic amines) is 1. The number of aromatic nitrogens is 3.